The van der Waals surface area contributed by atoms with E-state index in [1.165, 1.54) is 16.5 Å². The van der Waals surface area contributed by atoms with E-state index in [0.717, 1.165) is 55.3 Å². The first-order valence-electron chi connectivity index (χ1n) is 11.5. The number of rotatable bonds is 7. The smallest absolute Gasteiger partial charge is 0.223 e. The van der Waals surface area contributed by atoms with Gasteiger partial charge >= 0.3 is 0 Å². The molecule has 2 heterocycles. The van der Waals surface area contributed by atoms with Crippen LogP contribution in [-0.4, -0.2) is 42.6 Å². The number of carbonyl (C=O) groups is 1. The fourth-order valence-corrected chi connectivity index (χ4v) is 4.74. The number of aromatic nitrogens is 1. The molecular weight excluding hydrogens is 420 g/mol. The quantitative estimate of drug-likeness (QED) is 0.553. The Balaban J connectivity index is 1.30. The molecule has 0 spiro atoms. The van der Waals surface area contributed by atoms with Gasteiger partial charge in [0.1, 0.15) is 0 Å². The lowest BCUT2D eigenvalue weighted by molar-refractivity contribution is -0.126. The molecule has 5 nitrogen and oxygen atoms in total. The summed E-state index contributed by atoms with van der Waals surface area (Å²) in [6, 6.07) is 14.5. The van der Waals surface area contributed by atoms with Crippen LogP contribution in [0.2, 0.25) is 5.02 Å². The van der Waals surface area contributed by atoms with Crippen LogP contribution in [0.1, 0.15) is 30.9 Å². The van der Waals surface area contributed by atoms with Crippen LogP contribution in [0.15, 0.2) is 48.7 Å². The van der Waals surface area contributed by atoms with Gasteiger partial charge in [0.25, 0.3) is 0 Å². The summed E-state index contributed by atoms with van der Waals surface area (Å²) in [4.78, 5) is 17.2. The van der Waals surface area contributed by atoms with Crippen LogP contribution >= 0.6 is 11.6 Å². The van der Waals surface area contributed by atoms with Crippen LogP contribution < -0.4 is 10.2 Å². The molecule has 170 valence electrons. The van der Waals surface area contributed by atoms with Gasteiger partial charge in [0, 0.05) is 67.5 Å². The van der Waals surface area contributed by atoms with Crippen molar-refractivity contribution in [2.45, 2.75) is 39.4 Å². The van der Waals surface area contributed by atoms with Gasteiger partial charge in [-0.3, -0.25) is 9.69 Å². The number of nitrogens with one attached hydrogen (secondary N) is 1. The first-order valence-corrected chi connectivity index (χ1v) is 11.9. The van der Waals surface area contributed by atoms with E-state index in [1.807, 2.05) is 20.2 Å². The molecule has 1 aliphatic heterocycles. The van der Waals surface area contributed by atoms with Crippen molar-refractivity contribution < 1.29 is 4.79 Å². The van der Waals surface area contributed by atoms with E-state index in [0.29, 0.717) is 6.54 Å². The van der Waals surface area contributed by atoms with Crippen LogP contribution in [0.4, 0.5) is 5.69 Å². The highest BCUT2D eigenvalue weighted by Gasteiger charge is 2.25. The Hall–Kier alpha value is -2.50. The number of halogens is 1. The lowest BCUT2D eigenvalue weighted by Crippen LogP contribution is -2.40. The molecule has 0 atom stereocenters. The second kappa shape index (κ2) is 9.97. The van der Waals surface area contributed by atoms with Gasteiger partial charge in [0.05, 0.1) is 0 Å². The standard InChI is InChI=1S/C26H33ClN4O/c1-4-31-18-21(24-15-22(27)7-10-25(24)31)17-30-13-11-20(12-14-30)26(32)28-16-19-5-8-23(9-6-19)29(2)3/h5-10,15,18,20H,4,11-14,16-17H2,1-3H3,(H,28,32). The van der Waals surface area contributed by atoms with Crippen LogP contribution in [0.3, 0.4) is 0 Å². The van der Waals surface area contributed by atoms with Gasteiger partial charge in [-0.2, -0.15) is 0 Å². The molecule has 0 radical (unpaired) electrons. The first-order chi connectivity index (χ1) is 15.4. The molecule has 1 N–H and O–H groups in total. The Bertz CT molecular complexity index is 1070. The summed E-state index contributed by atoms with van der Waals surface area (Å²) in [5.41, 5.74) is 4.84. The molecule has 1 aliphatic rings. The first kappa shape index (κ1) is 22.7. The minimum atomic E-state index is 0.0960. The van der Waals surface area contributed by atoms with Crippen molar-refractivity contribution in [3.8, 4) is 0 Å². The monoisotopic (exact) mass is 452 g/mol. The van der Waals surface area contributed by atoms with E-state index in [2.05, 4.69) is 69.2 Å². The van der Waals surface area contributed by atoms with Crippen molar-refractivity contribution in [3.05, 3.63) is 64.8 Å². The van der Waals surface area contributed by atoms with E-state index >= 15 is 0 Å². The molecule has 0 bridgehead atoms. The highest BCUT2D eigenvalue weighted by molar-refractivity contribution is 6.31. The average molecular weight is 453 g/mol. The topological polar surface area (TPSA) is 40.5 Å². The second-order valence-corrected chi connectivity index (χ2v) is 9.37. The number of aryl methyl sites for hydroxylation is 1. The van der Waals surface area contributed by atoms with Crippen molar-refractivity contribution in [1.82, 2.24) is 14.8 Å². The maximum atomic E-state index is 12.7. The zero-order chi connectivity index (χ0) is 22.7. The number of nitrogens with zero attached hydrogens (tertiary/aromatic N) is 3. The number of carbonyl (C=O) groups excluding carboxylic acids is 1. The summed E-state index contributed by atoms with van der Waals surface area (Å²) >= 11 is 6.27. The number of anilines is 1. The Kier molecular flexibility index (Phi) is 7.07. The maximum Gasteiger partial charge on any atom is 0.223 e. The molecule has 3 aromatic rings. The molecule has 0 aliphatic carbocycles. The van der Waals surface area contributed by atoms with E-state index < -0.39 is 0 Å². The zero-order valence-corrected chi connectivity index (χ0v) is 20.0. The number of hydrogen-bond acceptors (Lipinski definition) is 3. The lowest BCUT2D eigenvalue weighted by atomic mass is 9.95. The van der Waals surface area contributed by atoms with Crippen LogP contribution in [0.5, 0.6) is 0 Å². The summed E-state index contributed by atoms with van der Waals surface area (Å²) in [6.45, 7) is 6.47. The van der Waals surface area contributed by atoms with Crippen molar-refractivity contribution in [2.24, 2.45) is 5.92 Å². The minimum absolute atomic E-state index is 0.0960. The van der Waals surface area contributed by atoms with Gasteiger partial charge in [-0.25, -0.2) is 0 Å². The highest BCUT2D eigenvalue weighted by atomic mass is 35.5. The molecule has 4 rings (SSSR count). The summed E-state index contributed by atoms with van der Waals surface area (Å²) in [7, 11) is 4.06. The number of benzene rings is 2. The van der Waals surface area contributed by atoms with Gasteiger partial charge in [-0.15, -0.1) is 0 Å². The predicted molar refractivity (Wildman–Crippen MR) is 133 cm³/mol. The zero-order valence-electron chi connectivity index (χ0n) is 19.3. The predicted octanol–water partition coefficient (Wildman–Crippen LogP) is 4.91. The van der Waals surface area contributed by atoms with Crippen molar-refractivity contribution >= 4 is 34.1 Å². The van der Waals surface area contributed by atoms with Gasteiger partial charge in [0.15, 0.2) is 0 Å². The van der Waals surface area contributed by atoms with Gasteiger partial charge in [-0.1, -0.05) is 23.7 Å². The largest absolute Gasteiger partial charge is 0.378 e. The molecular formula is C26H33ClN4O. The minimum Gasteiger partial charge on any atom is -0.378 e. The Morgan fingerprint density at radius 3 is 2.50 bits per heavy atom. The number of fused-ring (bicyclic) bond motifs is 1. The molecule has 1 saturated heterocycles. The van der Waals surface area contributed by atoms with Gasteiger partial charge < -0.3 is 14.8 Å². The molecule has 32 heavy (non-hydrogen) atoms. The fraction of sp³-hybridized carbons (Fsp3) is 0.423. The third kappa shape index (κ3) is 5.11. The van der Waals surface area contributed by atoms with E-state index in [-0.39, 0.29) is 11.8 Å². The second-order valence-electron chi connectivity index (χ2n) is 8.93. The Morgan fingerprint density at radius 2 is 1.84 bits per heavy atom. The van der Waals surface area contributed by atoms with Crippen molar-refractivity contribution in [1.29, 1.82) is 0 Å². The molecule has 0 unspecified atom stereocenters. The number of amides is 1. The third-order valence-corrected chi connectivity index (χ3v) is 6.77. The lowest BCUT2D eigenvalue weighted by Gasteiger charge is -2.31. The SMILES string of the molecule is CCn1cc(CN2CCC(C(=O)NCc3ccc(N(C)C)cc3)CC2)c2cc(Cl)ccc21. The Labute approximate surface area is 195 Å². The number of likely N-dealkylation sites (tertiary alicyclic amines) is 1. The number of hydrogen-bond donors (Lipinski definition) is 1. The maximum absolute atomic E-state index is 12.7. The van der Waals surface area contributed by atoms with Gasteiger partial charge in [-0.05, 0) is 74.3 Å². The van der Waals surface area contributed by atoms with E-state index in [9.17, 15) is 4.79 Å². The third-order valence-electron chi connectivity index (χ3n) is 6.54. The highest BCUT2D eigenvalue weighted by Crippen LogP contribution is 2.28. The molecule has 0 saturated carbocycles. The molecule has 2 aromatic carbocycles. The van der Waals surface area contributed by atoms with Crippen LogP contribution in [-0.2, 0) is 24.4 Å². The van der Waals surface area contributed by atoms with E-state index in [1.54, 1.807) is 0 Å². The van der Waals surface area contributed by atoms with Crippen LogP contribution in [0, 0.1) is 5.92 Å². The van der Waals surface area contributed by atoms with Crippen LogP contribution in [0.25, 0.3) is 10.9 Å². The molecule has 1 amide bonds. The van der Waals surface area contributed by atoms with Gasteiger partial charge in [0.2, 0.25) is 5.91 Å². The molecule has 1 fully saturated rings. The van der Waals surface area contributed by atoms with E-state index in [4.69, 9.17) is 11.6 Å². The number of piperidine rings is 1. The molecule has 6 heteroatoms. The summed E-state index contributed by atoms with van der Waals surface area (Å²) < 4.78 is 2.28. The Morgan fingerprint density at radius 1 is 1.12 bits per heavy atom. The summed E-state index contributed by atoms with van der Waals surface area (Å²) in [5, 5.41) is 5.15. The fourth-order valence-electron chi connectivity index (χ4n) is 4.57. The summed E-state index contributed by atoms with van der Waals surface area (Å²) in [5.74, 6) is 0.273. The summed E-state index contributed by atoms with van der Waals surface area (Å²) in [6.07, 6.45) is 4.05. The van der Waals surface area contributed by atoms with Crippen molar-refractivity contribution in [3.63, 3.8) is 0 Å². The van der Waals surface area contributed by atoms with Crippen molar-refractivity contribution in [2.75, 3.05) is 32.1 Å². The molecule has 1 aromatic heterocycles. The normalized spacial score (nSPS) is 15.2. The average Bonchev–Trinajstić information content (AvgIpc) is 3.14.